The van der Waals surface area contributed by atoms with E-state index < -0.39 is 230 Å². The van der Waals surface area contributed by atoms with Crippen LogP contribution >= 0.6 is 0 Å². The van der Waals surface area contributed by atoms with Crippen molar-refractivity contribution in [3.05, 3.63) is 29.8 Å². The lowest BCUT2D eigenvalue weighted by atomic mass is 10.0. The van der Waals surface area contributed by atoms with Crippen molar-refractivity contribution in [2.24, 2.45) is 11.7 Å². The molecule has 0 aliphatic rings. The summed E-state index contributed by atoms with van der Waals surface area (Å²) in [5.74, 6) is -3.03. The average Bonchev–Trinajstić information content (AvgIpc) is 1.11. The highest BCUT2D eigenvalue weighted by molar-refractivity contribution is 5.98. The SMILES string of the molecule is CN[C@@H](CCC(=O)NCCOCCOCCOCCOCCOCCOCCOCCOCCOCCOCCOCCOCCC(=O)N(CCN(C[C@H](O)[C@@H](O)[C@H](O)[C@H](O)CO)C[C@H](O)[C@@H](O)[C@H](O)[C@H](O)CO)CCN(C[C@H](O)[C@@H](O)[C@H](O)[C@H](O)CO)C[C@H](O)[C@@H](O)[C@H](O)[C@H](O)CO)C(=O)N[C@H](C(=O)N[C@@H](CCCNC(N)=O)C(=O)Nc1ccc(CO)cc1)C(C)C. The topological polar surface area (TPSA) is 746 Å². The van der Waals surface area contributed by atoms with Crippen LogP contribution in [0.1, 0.15) is 51.5 Å². The first-order valence-corrected chi connectivity index (χ1v) is 42.8. The molecule has 0 radical (unpaired) electrons. The zero-order valence-corrected chi connectivity index (χ0v) is 73.6. The van der Waals surface area contributed by atoms with E-state index in [0.717, 1.165) is 14.7 Å². The Bertz CT molecular complexity index is 2830. The van der Waals surface area contributed by atoms with Crippen LogP contribution in [0.2, 0.25) is 0 Å². The third-order valence-electron chi connectivity index (χ3n) is 19.5. The predicted octanol–water partition coefficient (Wildman–Crippen LogP) is -13.6. The van der Waals surface area contributed by atoms with Crippen LogP contribution in [-0.4, -0.2) is 531 Å². The normalized spacial score (nSPS) is 16.5. The van der Waals surface area contributed by atoms with Crippen LogP contribution in [0.5, 0.6) is 0 Å². The maximum Gasteiger partial charge on any atom is 0.312 e. The van der Waals surface area contributed by atoms with Gasteiger partial charge in [0.1, 0.15) is 85.3 Å². The number of nitrogens with two attached hydrogens (primary N) is 1. The van der Waals surface area contributed by atoms with Crippen LogP contribution in [0, 0.1) is 5.92 Å². The van der Waals surface area contributed by atoms with E-state index in [1.165, 1.54) is 0 Å². The Balaban J connectivity index is 2.35. The average molecular weight is 1860 g/mol. The van der Waals surface area contributed by atoms with Crippen LogP contribution in [0.4, 0.5) is 10.5 Å². The van der Waals surface area contributed by atoms with E-state index in [1.54, 1.807) is 45.2 Å². The second-order valence-electron chi connectivity index (χ2n) is 30.0. The number of nitrogens with one attached hydrogen (secondary N) is 6. The fraction of sp³-hybridized carbons (Fsp3) is 0.848. The van der Waals surface area contributed by atoms with Crippen molar-refractivity contribution in [3.63, 3.8) is 0 Å². The number of nitrogens with zero attached hydrogens (tertiary/aromatic N) is 3. The van der Waals surface area contributed by atoms with Gasteiger partial charge in [-0.15, -0.1) is 0 Å². The number of primary amides is 1. The standard InChI is InChI=1S/C79H150N10O39/c1-52(2)67(78(115)85-56(5-4-13-83-79(80)116)77(114)84-54-8-6-53(47-90)7-9-54)86-76(113)55(81-3)10-11-65(103)82-14-20-118-22-24-120-26-28-122-30-32-124-34-36-126-38-40-128-42-41-127-39-37-125-35-33-123-31-29-121-27-25-119-23-21-117-19-12-66(104)89(17-15-87(43-57(95)68(105)72(109)61(99)48-91)44-58(96)69(106)73(110)62(100)49-92)18-16-88(45-59(97)70(107)74(111)63(101)50-93)46-60(98)71(108)75(112)64(102)51-94/h6-9,52,55-64,67-75,81,90-102,105-112H,4-5,10-51H2,1-3H3,(H,82,103)(H,84,114)(H,85,115)(H,86,113)(H3,80,83,116)/t55-,56-,57-,58-,59-,60-,61+,62+,63+,64+,67-,68+,69+,70+,71+,72+,73+,74+,75+/m0/s1. The molecule has 0 aliphatic heterocycles. The maximum atomic E-state index is 14.1. The smallest absolute Gasteiger partial charge is 0.312 e. The number of carbonyl (C=O) groups excluding carboxylic acids is 6. The lowest BCUT2D eigenvalue weighted by molar-refractivity contribution is -0.137. The van der Waals surface area contributed by atoms with Gasteiger partial charge in [-0.1, -0.05) is 26.0 Å². The number of hydrogen-bond acceptors (Lipinski definition) is 42. The van der Waals surface area contributed by atoms with E-state index in [-0.39, 0.29) is 111 Å². The van der Waals surface area contributed by atoms with Crippen LogP contribution in [-0.2, 0) is 87.4 Å². The summed E-state index contributed by atoms with van der Waals surface area (Å²) in [7, 11) is 1.56. The third kappa shape index (κ3) is 55.2. The first kappa shape index (κ1) is 120. The highest BCUT2D eigenvalue weighted by Gasteiger charge is 2.38. The number of rotatable bonds is 85. The number of benzene rings is 1. The molecule has 0 spiro atoms. The molecular formula is C79H150N10O39. The van der Waals surface area contributed by atoms with E-state index in [9.17, 15) is 136 Å². The molecular weight excluding hydrogens is 1710 g/mol. The summed E-state index contributed by atoms with van der Waals surface area (Å²) in [6, 6.07) is 2.85. The lowest BCUT2D eigenvalue weighted by Gasteiger charge is -2.36. The summed E-state index contributed by atoms with van der Waals surface area (Å²) >= 11 is 0. The van der Waals surface area contributed by atoms with Gasteiger partial charge in [-0.3, -0.25) is 33.8 Å². The van der Waals surface area contributed by atoms with Crippen molar-refractivity contribution >= 4 is 41.3 Å². The number of aliphatic hydroxyl groups excluding tert-OH is 21. The molecule has 1 aromatic carbocycles. The zero-order valence-electron chi connectivity index (χ0n) is 73.6. The van der Waals surface area contributed by atoms with Crippen LogP contribution < -0.4 is 37.6 Å². The van der Waals surface area contributed by atoms with E-state index in [2.05, 4.69) is 31.9 Å². The van der Waals surface area contributed by atoms with Gasteiger partial charge < -0.3 is 207 Å². The number of anilines is 1. The molecule has 7 amide bonds. The maximum absolute atomic E-state index is 14.1. The van der Waals surface area contributed by atoms with Gasteiger partial charge in [-0.25, -0.2) is 4.79 Å². The Kier molecular flexibility index (Phi) is 70.4. The number of carbonyl (C=O) groups is 6. The Morgan fingerprint density at radius 3 is 0.984 bits per heavy atom. The van der Waals surface area contributed by atoms with Gasteiger partial charge in [0.05, 0.1) is 228 Å². The molecule has 49 heteroatoms. The summed E-state index contributed by atoms with van der Waals surface area (Å²) in [6.07, 6.45) is -32.6. The quantitative estimate of drug-likeness (QED) is 0.0269. The fourth-order valence-electron chi connectivity index (χ4n) is 11.8. The van der Waals surface area contributed by atoms with Gasteiger partial charge in [-0.2, -0.15) is 0 Å². The molecule has 0 heterocycles. The van der Waals surface area contributed by atoms with E-state index in [1.807, 2.05) is 0 Å². The fourth-order valence-corrected chi connectivity index (χ4v) is 11.8. The van der Waals surface area contributed by atoms with Gasteiger partial charge in [-0.05, 0) is 49.9 Å². The van der Waals surface area contributed by atoms with E-state index in [4.69, 9.17) is 62.6 Å². The zero-order chi connectivity index (χ0) is 95.6. The monoisotopic (exact) mass is 1860 g/mol. The van der Waals surface area contributed by atoms with Crippen molar-refractivity contribution < 1.29 is 193 Å². The van der Waals surface area contributed by atoms with Crippen molar-refractivity contribution in [2.75, 3.05) is 263 Å². The van der Waals surface area contributed by atoms with Crippen molar-refractivity contribution in [3.8, 4) is 0 Å². The minimum absolute atomic E-state index is 0.000746. The number of hydrogen-bond donors (Lipinski definition) is 28. The number of ether oxygens (including phenoxy) is 12. The number of urea groups is 1. The molecule has 0 aliphatic carbocycles. The summed E-state index contributed by atoms with van der Waals surface area (Å²) in [6.45, 7) is 1.40. The molecule has 128 heavy (non-hydrogen) atoms. The van der Waals surface area contributed by atoms with Gasteiger partial charge in [0.25, 0.3) is 0 Å². The molecule has 0 saturated carbocycles. The largest absolute Gasteiger partial charge is 0.394 e. The summed E-state index contributed by atoms with van der Waals surface area (Å²) in [5, 5.41) is 230. The van der Waals surface area contributed by atoms with Gasteiger partial charge in [0.15, 0.2) is 0 Å². The molecule has 0 aromatic heterocycles. The first-order chi connectivity index (χ1) is 61.2. The van der Waals surface area contributed by atoms with Gasteiger partial charge in [0, 0.05) is 77.6 Å². The first-order valence-electron chi connectivity index (χ1n) is 42.8. The van der Waals surface area contributed by atoms with Crippen LogP contribution in [0.15, 0.2) is 24.3 Å². The number of aliphatic hydroxyl groups is 21. The molecule has 29 N–H and O–H groups in total. The Morgan fingerprint density at radius 2 is 0.680 bits per heavy atom. The van der Waals surface area contributed by atoms with Gasteiger partial charge in [0.2, 0.25) is 29.5 Å². The minimum atomic E-state index is -2.15. The Labute approximate surface area is 745 Å². The van der Waals surface area contributed by atoms with Crippen LogP contribution in [0.3, 0.4) is 0 Å². The molecule has 49 nitrogen and oxygen atoms in total. The molecule has 750 valence electrons. The third-order valence-corrected chi connectivity index (χ3v) is 19.5. The molecule has 1 aromatic rings. The molecule has 19 atom stereocenters. The highest BCUT2D eigenvalue weighted by Crippen LogP contribution is 2.17. The molecule has 0 unspecified atom stereocenters. The Hall–Kier alpha value is -5.60. The minimum Gasteiger partial charge on any atom is -0.394 e. The number of likely N-dealkylation sites (N-methyl/N-ethyl adjacent to an activating group) is 1. The molecule has 0 saturated heterocycles. The lowest BCUT2D eigenvalue weighted by Crippen LogP contribution is -2.57. The van der Waals surface area contributed by atoms with Crippen LogP contribution in [0.25, 0.3) is 0 Å². The Morgan fingerprint density at radius 1 is 0.359 bits per heavy atom. The summed E-state index contributed by atoms with van der Waals surface area (Å²) in [4.78, 5) is 81.6. The molecule has 0 fully saturated rings. The summed E-state index contributed by atoms with van der Waals surface area (Å²) < 4.78 is 66.5. The predicted molar refractivity (Wildman–Crippen MR) is 450 cm³/mol. The van der Waals surface area contributed by atoms with Crippen molar-refractivity contribution in [1.82, 2.24) is 41.3 Å². The van der Waals surface area contributed by atoms with Crippen molar-refractivity contribution in [2.45, 2.75) is 168 Å². The highest BCUT2D eigenvalue weighted by atomic mass is 16.6. The second-order valence-corrected chi connectivity index (χ2v) is 30.0. The van der Waals surface area contributed by atoms with E-state index in [0.29, 0.717) is 117 Å². The van der Waals surface area contributed by atoms with Gasteiger partial charge >= 0.3 is 6.03 Å². The number of amides is 7. The van der Waals surface area contributed by atoms with E-state index >= 15 is 0 Å². The van der Waals surface area contributed by atoms with Crippen molar-refractivity contribution in [1.29, 1.82) is 0 Å². The molecule has 1 rings (SSSR count). The molecule has 0 bridgehead atoms. The summed E-state index contributed by atoms with van der Waals surface area (Å²) in [5.41, 5.74) is 6.24. The second kappa shape index (κ2) is 74.8.